The molecule has 1 aromatic carbocycles. The molecule has 0 unspecified atom stereocenters. The Hall–Kier alpha value is -1.14. The average Bonchev–Trinajstić information content (AvgIpc) is 2.44. The number of aliphatic carboxylic acids is 1. The first kappa shape index (κ1) is 17.9. The zero-order valence-electron chi connectivity index (χ0n) is 12.1. The van der Waals surface area contributed by atoms with Gasteiger partial charge in [0, 0.05) is 23.6 Å². The van der Waals surface area contributed by atoms with Crippen molar-refractivity contribution in [1.29, 1.82) is 0 Å². The summed E-state index contributed by atoms with van der Waals surface area (Å²) < 4.78 is 0. The second-order valence-electron chi connectivity index (χ2n) is 4.54. The van der Waals surface area contributed by atoms with Gasteiger partial charge in [-0.05, 0) is 36.1 Å². The lowest BCUT2D eigenvalue weighted by atomic mass is 10.2. The van der Waals surface area contributed by atoms with Gasteiger partial charge in [-0.3, -0.25) is 9.59 Å². The lowest BCUT2D eigenvalue weighted by Gasteiger charge is -2.07. The van der Waals surface area contributed by atoms with E-state index in [-0.39, 0.29) is 12.3 Å². The number of carbonyl (C=O) groups is 2. The highest BCUT2D eigenvalue weighted by Crippen LogP contribution is 2.17. The van der Waals surface area contributed by atoms with E-state index in [0.717, 1.165) is 29.2 Å². The first-order valence-electron chi connectivity index (χ1n) is 6.79. The highest BCUT2D eigenvalue weighted by molar-refractivity contribution is 7.98. The van der Waals surface area contributed by atoms with Crippen LogP contribution in [0.3, 0.4) is 0 Å². The smallest absolute Gasteiger partial charge is 0.304 e. The van der Waals surface area contributed by atoms with Crippen LogP contribution in [-0.2, 0) is 15.3 Å². The number of carboxylic acid groups (broad SMARTS) is 1. The quantitative estimate of drug-likeness (QED) is 0.644. The Morgan fingerprint density at radius 3 is 2.76 bits per heavy atom. The van der Waals surface area contributed by atoms with E-state index in [4.69, 9.17) is 5.11 Å². The van der Waals surface area contributed by atoms with Gasteiger partial charge in [-0.15, -0.1) is 0 Å². The monoisotopic (exact) mass is 327 g/mol. The molecule has 0 fully saturated rings. The van der Waals surface area contributed by atoms with Crippen molar-refractivity contribution >= 4 is 41.1 Å². The van der Waals surface area contributed by atoms with Gasteiger partial charge in [0.2, 0.25) is 5.91 Å². The summed E-state index contributed by atoms with van der Waals surface area (Å²) in [6.45, 7) is 0. The van der Waals surface area contributed by atoms with Crippen molar-refractivity contribution in [3.63, 3.8) is 0 Å². The summed E-state index contributed by atoms with van der Waals surface area (Å²) >= 11 is 3.32. The van der Waals surface area contributed by atoms with Crippen LogP contribution in [0.4, 0.5) is 5.69 Å². The molecular formula is C15H21NO3S2. The van der Waals surface area contributed by atoms with Crippen molar-refractivity contribution in [2.45, 2.75) is 25.0 Å². The second-order valence-corrected chi connectivity index (χ2v) is 6.63. The molecule has 0 radical (unpaired) electrons. The molecule has 21 heavy (non-hydrogen) atoms. The van der Waals surface area contributed by atoms with Gasteiger partial charge in [-0.2, -0.15) is 23.5 Å². The molecule has 6 heteroatoms. The number of nitrogens with one attached hydrogen (secondary N) is 1. The maximum absolute atomic E-state index is 11.7. The molecule has 116 valence electrons. The molecule has 0 spiro atoms. The topological polar surface area (TPSA) is 66.4 Å². The van der Waals surface area contributed by atoms with Crippen LogP contribution in [0.1, 0.15) is 24.8 Å². The Morgan fingerprint density at radius 2 is 2.05 bits per heavy atom. The molecule has 0 aromatic heterocycles. The Balaban J connectivity index is 2.37. The van der Waals surface area contributed by atoms with E-state index in [1.54, 1.807) is 23.5 Å². The van der Waals surface area contributed by atoms with E-state index in [9.17, 15) is 9.59 Å². The second kappa shape index (κ2) is 10.6. The van der Waals surface area contributed by atoms with Gasteiger partial charge in [-0.1, -0.05) is 12.1 Å². The van der Waals surface area contributed by atoms with E-state index in [2.05, 4.69) is 5.32 Å². The van der Waals surface area contributed by atoms with E-state index in [1.807, 2.05) is 30.5 Å². The number of rotatable bonds is 10. The minimum atomic E-state index is -0.770. The van der Waals surface area contributed by atoms with Crippen LogP contribution in [0.5, 0.6) is 0 Å². The average molecular weight is 327 g/mol. The summed E-state index contributed by atoms with van der Waals surface area (Å²) in [4.78, 5) is 22.2. The molecule has 0 aliphatic heterocycles. The largest absolute Gasteiger partial charge is 0.481 e. The number of thioether (sulfide) groups is 2. The number of benzene rings is 1. The summed E-state index contributed by atoms with van der Waals surface area (Å²) in [7, 11) is 0. The molecule has 1 rings (SSSR count). The number of anilines is 1. The predicted molar refractivity (Wildman–Crippen MR) is 91.1 cm³/mol. The summed E-state index contributed by atoms with van der Waals surface area (Å²) in [5, 5.41) is 11.5. The maximum atomic E-state index is 11.7. The fourth-order valence-electron chi connectivity index (χ4n) is 1.69. The molecule has 1 amide bonds. The number of amides is 1. The van der Waals surface area contributed by atoms with E-state index in [0.29, 0.717) is 12.2 Å². The van der Waals surface area contributed by atoms with Crippen LogP contribution in [0.15, 0.2) is 24.3 Å². The SMILES string of the molecule is CSCCCC(=O)Nc1cccc(CSCCC(=O)O)c1. The molecule has 1 aromatic rings. The minimum Gasteiger partial charge on any atom is -0.481 e. The van der Waals surface area contributed by atoms with Crippen LogP contribution in [0.25, 0.3) is 0 Å². The number of hydrogen-bond acceptors (Lipinski definition) is 4. The Labute approximate surface area is 134 Å². The van der Waals surface area contributed by atoms with Crippen molar-refractivity contribution in [3.05, 3.63) is 29.8 Å². The van der Waals surface area contributed by atoms with Crippen LogP contribution in [0.2, 0.25) is 0 Å². The summed E-state index contributed by atoms with van der Waals surface area (Å²) in [6.07, 6.45) is 3.64. The highest BCUT2D eigenvalue weighted by Gasteiger charge is 2.03. The summed E-state index contributed by atoms with van der Waals surface area (Å²) in [5.41, 5.74) is 1.90. The van der Waals surface area contributed by atoms with Crippen molar-refractivity contribution in [1.82, 2.24) is 0 Å². The first-order chi connectivity index (χ1) is 10.1. The van der Waals surface area contributed by atoms with Gasteiger partial charge in [0.25, 0.3) is 0 Å². The standard InChI is InChI=1S/C15H21NO3S2/c1-20-8-3-6-14(17)16-13-5-2-4-12(10-13)11-21-9-7-15(18)19/h2,4-5,10H,3,6-9,11H2,1H3,(H,16,17)(H,18,19). The summed E-state index contributed by atoms with van der Waals surface area (Å²) in [5.74, 6) is 1.62. The Bertz CT molecular complexity index is 466. The van der Waals surface area contributed by atoms with Crippen LogP contribution >= 0.6 is 23.5 Å². The molecule has 0 aliphatic carbocycles. The zero-order valence-corrected chi connectivity index (χ0v) is 13.8. The normalized spacial score (nSPS) is 10.3. The summed E-state index contributed by atoms with van der Waals surface area (Å²) in [6, 6.07) is 7.71. The van der Waals surface area contributed by atoms with Gasteiger partial charge in [0.1, 0.15) is 0 Å². The maximum Gasteiger partial charge on any atom is 0.304 e. The first-order valence-corrected chi connectivity index (χ1v) is 9.34. The van der Waals surface area contributed by atoms with Gasteiger partial charge in [0.05, 0.1) is 6.42 Å². The molecule has 0 atom stereocenters. The predicted octanol–water partition coefficient (Wildman–Crippen LogP) is 3.48. The van der Waals surface area contributed by atoms with Crippen molar-refractivity contribution in [2.24, 2.45) is 0 Å². The number of hydrogen-bond donors (Lipinski definition) is 2. The lowest BCUT2D eigenvalue weighted by Crippen LogP contribution is -2.11. The van der Waals surface area contributed by atoms with Crippen molar-refractivity contribution in [2.75, 3.05) is 23.1 Å². The minimum absolute atomic E-state index is 0.0414. The van der Waals surface area contributed by atoms with Gasteiger partial charge < -0.3 is 10.4 Å². The van der Waals surface area contributed by atoms with E-state index >= 15 is 0 Å². The third kappa shape index (κ3) is 8.67. The molecule has 0 heterocycles. The Morgan fingerprint density at radius 1 is 1.24 bits per heavy atom. The molecule has 0 saturated carbocycles. The third-order valence-corrected chi connectivity index (χ3v) is 4.42. The van der Waals surface area contributed by atoms with Crippen LogP contribution < -0.4 is 5.32 Å². The fraction of sp³-hybridized carbons (Fsp3) is 0.467. The Kier molecular flexibility index (Phi) is 9.01. The van der Waals surface area contributed by atoms with Crippen molar-refractivity contribution < 1.29 is 14.7 Å². The number of carboxylic acids is 1. The van der Waals surface area contributed by atoms with Crippen LogP contribution in [0, 0.1) is 0 Å². The third-order valence-electron chi connectivity index (χ3n) is 2.69. The molecular weight excluding hydrogens is 306 g/mol. The van der Waals surface area contributed by atoms with Crippen molar-refractivity contribution in [3.8, 4) is 0 Å². The van der Waals surface area contributed by atoms with Gasteiger partial charge in [0.15, 0.2) is 0 Å². The zero-order chi connectivity index (χ0) is 15.5. The van der Waals surface area contributed by atoms with Crippen LogP contribution in [-0.4, -0.2) is 34.7 Å². The van der Waals surface area contributed by atoms with E-state index < -0.39 is 5.97 Å². The fourth-order valence-corrected chi connectivity index (χ4v) is 3.00. The molecule has 0 saturated heterocycles. The molecule has 0 bridgehead atoms. The lowest BCUT2D eigenvalue weighted by molar-refractivity contribution is -0.136. The van der Waals surface area contributed by atoms with E-state index in [1.165, 1.54) is 0 Å². The highest BCUT2D eigenvalue weighted by atomic mass is 32.2. The molecule has 2 N–H and O–H groups in total. The molecule has 4 nitrogen and oxygen atoms in total. The number of carbonyl (C=O) groups excluding carboxylic acids is 1. The van der Waals surface area contributed by atoms with Gasteiger partial charge >= 0.3 is 5.97 Å². The molecule has 0 aliphatic rings. The van der Waals surface area contributed by atoms with Gasteiger partial charge in [-0.25, -0.2) is 0 Å².